The van der Waals surface area contributed by atoms with Crippen LogP contribution in [0.3, 0.4) is 0 Å². The molecule has 1 aromatic carbocycles. The molecule has 102 valence electrons. The molecule has 1 atom stereocenters. The summed E-state index contributed by atoms with van der Waals surface area (Å²) in [6.07, 6.45) is 0.503. The molecule has 4 heteroatoms. The fourth-order valence-electron chi connectivity index (χ4n) is 1.57. The molecule has 0 saturated carbocycles. The standard InChI is InChI=1S/C14H21F2NS/c1-14(2,3)18-9-11(17-4)8-10-6-5-7-12(15)13(10)16/h5-7,11,17H,8-9H2,1-4H3. The van der Waals surface area contributed by atoms with E-state index in [-0.39, 0.29) is 10.8 Å². The van der Waals surface area contributed by atoms with Gasteiger partial charge in [-0.1, -0.05) is 32.9 Å². The Morgan fingerprint density at radius 3 is 2.50 bits per heavy atom. The molecular weight excluding hydrogens is 252 g/mol. The summed E-state index contributed by atoms with van der Waals surface area (Å²) >= 11 is 1.82. The van der Waals surface area contributed by atoms with E-state index in [1.54, 1.807) is 12.1 Å². The zero-order chi connectivity index (χ0) is 13.8. The topological polar surface area (TPSA) is 12.0 Å². The van der Waals surface area contributed by atoms with Gasteiger partial charge >= 0.3 is 0 Å². The summed E-state index contributed by atoms with van der Waals surface area (Å²) in [5.41, 5.74) is 0.434. The number of thioether (sulfide) groups is 1. The maximum Gasteiger partial charge on any atom is 0.162 e. The quantitative estimate of drug-likeness (QED) is 0.879. The highest BCUT2D eigenvalue weighted by atomic mass is 32.2. The Kier molecular flexibility index (Phi) is 5.60. The van der Waals surface area contributed by atoms with Crippen LogP contribution in [0.4, 0.5) is 8.78 Å². The van der Waals surface area contributed by atoms with Crippen LogP contribution in [0.25, 0.3) is 0 Å². The summed E-state index contributed by atoms with van der Waals surface area (Å²) in [6, 6.07) is 4.49. The van der Waals surface area contributed by atoms with Gasteiger partial charge in [-0.25, -0.2) is 8.78 Å². The predicted molar refractivity (Wildman–Crippen MR) is 75.1 cm³/mol. The van der Waals surface area contributed by atoms with Gasteiger partial charge in [-0.15, -0.1) is 0 Å². The van der Waals surface area contributed by atoms with Gasteiger partial charge in [0.05, 0.1) is 0 Å². The van der Waals surface area contributed by atoms with Crippen molar-refractivity contribution in [3.8, 4) is 0 Å². The molecule has 0 bridgehead atoms. The lowest BCUT2D eigenvalue weighted by Gasteiger charge is -2.23. The van der Waals surface area contributed by atoms with Crippen molar-refractivity contribution in [2.45, 2.75) is 38.0 Å². The minimum Gasteiger partial charge on any atom is -0.316 e. The monoisotopic (exact) mass is 273 g/mol. The number of likely N-dealkylation sites (N-methyl/N-ethyl adjacent to an activating group) is 1. The second kappa shape index (κ2) is 6.53. The molecule has 0 aliphatic rings. The van der Waals surface area contributed by atoms with Gasteiger partial charge in [0.2, 0.25) is 0 Å². The summed E-state index contributed by atoms with van der Waals surface area (Å²) < 4.78 is 26.8. The van der Waals surface area contributed by atoms with Crippen LogP contribution in [0.1, 0.15) is 26.3 Å². The van der Waals surface area contributed by atoms with Crippen molar-refractivity contribution < 1.29 is 8.78 Å². The number of nitrogens with one attached hydrogen (secondary N) is 1. The molecule has 1 N–H and O–H groups in total. The Morgan fingerprint density at radius 2 is 1.94 bits per heavy atom. The van der Waals surface area contributed by atoms with E-state index in [4.69, 9.17) is 0 Å². The van der Waals surface area contributed by atoms with Crippen LogP contribution in [-0.2, 0) is 6.42 Å². The van der Waals surface area contributed by atoms with E-state index in [0.717, 1.165) is 11.8 Å². The SMILES string of the molecule is CNC(CSC(C)(C)C)Cc1cccc(F)c1F. The molecule has 1 nitrogen and oxygen atoms in total. The zero-order valence-electron chi connectivity index (χ0n) is 11.4. The van der Waals surface area contributed by atoms with Crippen LogP contribution in [0.15, 0.2) is 18.2 Å². The van der Waals surface area contributed by atoms with E-state index in [2.05, 4.69) is 26.1 Å². The Hall–Kier alpha value is -0.610. The molecule has 0 aliphatic heterocycles. The van der Waals surface area contributed by atoms with Gasteiger partial charge in [-0.3, -0.25) is 0 Å². The Morgan fingerprint density at radius 1 is 1.28 bits per heavy atom. The highest BCUT2D eigenvalue weighted by Gasteiger charge is 2.17. The van der Waals surface area contributed by atoms with Crippen molar-refractivity contribution in [2.24, 2.45) is 0 Å². The maximum atomic E-state index is 13.6. The molecule has 0 saturated heterocycles. The van der Waals surface area contributed by atoms with Crippen LogP contribution in [0.2, 0.25) is 0 Å². The minimum atomic E-state index is -0.772. The van der Waals surface area contributed by atoms with Gasteiger partial charge in [0.1, 0.15) is 0 Å². The van der Waals surface area contributed by atoms with Crippen molar-refractivity contribution in [1.82, 2.24) is 5.32 Å². The Labute approximate surface area is 112 Å². The first-order chi connectivity index (χ1) is 8.33. The fraction of sp³-hybridized carbons (Fsp3) is 0.571. The van der Waals surface area contributed by atoms with Crippen LogP contribution >= 0.6 is 11.8 Å². The third kappa shape index (κ3) is 4.94. The second-order valence-corrected chi connectivity index (χ2v) is 7.17. The molecule has 0 radical (unpaired) electrons. The average molecular weight is 273 g/mol. The molecule has 0 amide bonds. The molecular formula is C14H21F2NS. The smallest absolute Gasteiger partial charge is 0.162 e. The maximum absolute atomic E-state index is 13.6. The molecule has 0 heterocycles. The molecule has 1 rings (SSSR count). The summed E-state index contributed by atoms with van der Waals surface area (Å²) in [5.74, 6) is -0.625. The van der Waals surface area contributed by atoms with E-state index >= 15 is 0 Å². The van der Waals surface area contributed by atoms with Gasteiger partial charge in [0, 0.05) is 16.5 Å². The lowest BCUT2D eigenvalue weighted by molar-refractivity contribution is 0.490. The first-order valence-corrected chi connectivity index (χ1v) is 7.06. The van der Waals surface area contributed by atoms with Crippen LogP contribution < -0.4 is 5.32 Å². The Balaban J connectivity index is 2.65. The zero-order valence-corrected chi connectivity index (χ0v) is 12.2. The molecule has 18 heavy (non-hydrogen) atoms. The molecule has 0 fully saturated rings. The second-order valence-electron chi connectivity index (χ2n) is 5.33. The average Bonchev–Trinajstić information content (AvgIpc) is 2.28. The van der Waals surface area contributed by atoms with Crippen LogP contribution in [-0.4, -0.2) is 23.6 Å². The van der Waals surface area contributed by atoms with Crippen LogP contribution in [0.5, 0.6) is 0 Å². The molecule has 1 aromatic rings. The fourth-order valence-corrected chi connectivity index (χ4v) is 2.55. The summed E-state index contributed by atoms with van der Waals surface area (Å²) in [7, 11) is 1.85. The number of benzene rings is 1. The van der Waals surface area contributed by atoms with Crippen molar-refractivity contribution in [1.29, 1.82) is 0 Å². The minimum absolute atomic E-state index is 0.144. The summed E-state index contributed by atoms with van der Waals surface area (Å²) in [4.78, 5) is 0. The summed E-state index contributed by atoms with van der Waals surface area (Å²) in [6.45, 7) is 6.44. The van der Waals surface area contributed by atoms with Gasteiger partial charge in [-0.2, -0.15) is 11.8 Å². The third-order valence-electron chi connectivity index (χ3n) is 2.62. The molecule has 0 spiro atoms. The highest BCUT2D eigenvalue weighted by Crippen LogP contribution is 2.25. The summed E-state index contributed by atoms with van der Waals surface area (Å²) in [5, 5.41) is 3.16. The van der Waals surface area contributed by atoms with E-state index < -0.39 is 11.6 Å². The lowest BCUT2D eigenvalue weighted by Crippen LogP contribution is -2.32. The van der Waals surface area contributed by atoms with Gasteiger partial charge < -0.3 is 5.32 Å². The highest BCUT2D eigenvalue weighted by molar-refractivity contribution is 8.00. The van der Waals surface area contributed by atoms with Crippen molar-refractivity contribution in [3.63, 3.8) is 0 Å². The number of rotatable bonds is 5. The van der Waals surface area contributed by atoms with Crippen molar-refractivity contribution >= 4 is 11.8 Å². The largest absolute Gasteiger partial charge is 0.316 e. The van der Waals surface area contributed by atoms with Gasteiger partial charge in [-0.05, 0) is 25.1 Å². The van der Waals surface area contributed by atoms with Crippen molar-refractivity contribution in [3.05, 3.63) is 35.4 Å². The normalized spacial score (nSPS) is 13.7. The molecule has 0 aliphatic carbocycles. The lowest BCUT2D eigenvalue weighted by atomic mass is 10.1. The number of halogens is 2. The first kappa shape index (κ1) is 15.4. The van der Waals surface area contributed by atoms with E-state index in [1.165, 1.54) is 0 Å². The van der Waals surface area contributed by atoms with E-state index in [0.29, 0.717) is 12.0 Å². The van der Waals surface area contributed by atoms with E-state index in [9.17, 15) is 8.78 Å². The first-order valence-electron chi connectivity index (χ1n) is 6.07. The molecule has 0 aromatic heterocycles. The molecule has 1 unspecified atom stereocenters. The number of hydrogen-bond donors (Lipinski definition) is 1. The number of hydrogen-bond acceptors (Lipinski definition) is 2. The predicted octanol–water partition coefficient (Wildman–Crippen LogP) is 3.63. The van der Waals surface area contributed by atoms with E-state index in [1.807, 2.05) is 18.8 Å². The Bertz CT molecular complexity index is 388. The van der Waals surface area contributed by atoms with Crippen LogP contribution in [0, 0.1) is 11.6 Å². The third-order valence-corrected chi connectivity index (χ3v) is 4.06. The van der Waals surface area contributed by atoms with Crippen molar-refractivity contribution in [2.75, 3.05) is 12.8 Å². The van der Waals surface area contributed by atoms with Gasteiger partial charge in [0.25, 0.3) is 0 Å². The van der Waals surface area contributed by atoms with Gasteiger partial charge in [0.15, 0.2) is 11.6 Å².